The second-order valence-corrected chi connectivity index (χ2v) is 3.68. The quantitative estimate of drug-likeness (QED) is 0.687. The molecule has 0 amide bonds. The van der Waals surface area contributed by atoms with Crippen molar-refractivity contribution in [3.63, 3.8) is 0 Å². The Morgan fingerprint density at radius 2 is 2.19 bits per heavy atom. The van der Waals surface area contributed by atoms with Crippen molar-refractivity contribution < 1.29 is 9.90 Å². The van der Waals surface area contributed by atoms with Crippen LogP contribution in [0.2, 0.25) is 0 Å². The zero-order valence-electron chi connectivity index (χ0n) is 9.47. The molecule has 0 saturated carbocycles. The van der Waals surface area contributed by atoms with Crippen molar-refractivity contribution in [2.24, 2.45) is 0 Å². The maximum Gasteiger partial charge on any atom is 0.356 e. The van der Waals surface area contributed by atoms with Gasteiger partial charge >= 0.3 is 5.97 Å². The second-order valence-electron chi connectivity index (χ2n) is 3.68. The van der Waals surface area contributed by atoms with Gasteiger partial charge in [0.05, 0.1) is 12.4 Å². The minimum absolute atomic E-state index is 0.0427. The van der Waals surface area contributed by atoms with E-state index in [1.54, 1.807) is 0 Å². The van der Waals surface area contributed by atoms with E-state index in [-0.39, 0.29) is 5.69 Å². The molecule has 1 aromatic rings. The van der Waals surface area contributed by atoms with Gasteiger partial charge in [-0.1, -0.05) is 0 Å². The summed E-state index contributed by atoms with van der Waals surface area (Å²) < 4.78 is 0. The van der Waals surface area contributed by atoms with E-state index in [1.165, 1.54) is 12.4 Å². The predicted molar refractivity (Wildman–Crippen MR) is 60.7 cm³/mol. The van der Waals surface area contributed by atoms with Crippen molar-refractivity contribution in [1.82, 2.24) is 14.9 Å². The number of hydrogen-bond acceptors (Lipinski definition) is 5. The third kappa shape index (κ3) is 4.22. The molecule has 6 nitrogen and oxygen atoms in total. The van der Waals surface area contributed by atoms with Crippen molar-refractivity contribution in [2.75, 3.05) is 32.5 Å². The summed E-state index contributed by atoms with van der Waals surface area (Å²) in [6.45, 7) is 1.78. The van der Waals surface area contributed by atoms with E-state index < -0.39 is 5.97 Å². The number of hydrogen-bond donors (Lipinski definition) is 2. The average Bonchev–Trinajstić information content (AvgIpc) is 2.25. The van der Waals surface area contributed by atoms with Crippen LogP contribution in [0.25, 0.3) is 0 Å². The first-order chi connectivity index (χ1) is 7.59. The molecule has 0 aliphatic heterocycles. The SMILES string of the molecule is CN(C)CCCNc1cnc(C(=O)O)cn1. The average molecular weight is 224 g/mol. The second kappa shape index (κ2) is 6.02. The highest BCUT2D eigenvalue weighted by atomic mass is 16.4. The molecule has 0 atom stereocenters. The van der Waals surface area contributed by atoms with E-state index in [1.807, 2.05) is 14.1 Å². The van der Waals surface area contributed by atoms with E-state index in [9.17, 15) is 4.79 Å². The Balaban J connectivity index is 2.35. The Kier molecular flexibility index (Phi) is 4.65. The molecule has 16 heavy (non-hydrogen) atoms. The first-order valence-corrected chi connectivity index (χ1v) is 5.03. The number of nitrogens with zero attached hydrogens (tertiary/aromatic N) is 3. The lowest BCUT2D eigenvalue weighted by Crippen LogP contribution is -2.16. The Labute approximate surface area is 94.3 Å². The molecule has 0 fully saturated rings. The minimum Gasteiger partial charge on any atom is -0.476 e. The summed E-state index contributed by atoms with van der Waals surface area (Å²) in [5.41, 5.74) is -0.0427. The molecule has 0 radical (unpaired) electrons. The fourth-order valence-electron chi connectivity index (χ4n) is 1.14. The van der Waals surface area contributed by atoms with Gasteiger partial charge in [-0.2, -0.15) is 0 Å². The smallest absolute Gasteiger partial charge is 0.356 e. The largest absolute Gasteiger partial charge is 0.476 e. The van der Waals surface area contributed by atoms with Gasteiger partial charge in [-0.05, 0) is 27.1 Å². The molecule has 88 valence electrons. The standard InChI is InChI=1S/C10H16N4O2/c1-14(2)5-3-4-11-9-7-12-8(6-13-9)10(15)16/h6-7H,3-5H2,1-2H3,(H,11,13)(H,15,16). The topological polar surface area (TPSA) is 78.4 Å². The van der Waals surface area contributed by atoms with Crippen LogP contribution in [0.3, 0.4) is 0 Å². The van der Waals surface area contributed by atoms with Crippen molar-refractivity contribution in [2.45, 2.75) is 6.42 Å². The number of aromatic nitrogens is 2. The lowest BCUT2D eigenvalue weighted by atomic mass is 10.4. The summed E-state index contributed by atoms with van der Waals surface area (Å²) in [6.07, 6.45) is 3.67. The number of anilines is 1. The lowest BCUT2D eigenvalue weighted by molar-refractivity contribution is 0.0690. The molecule has 0 bridgehead atoms. The number of aromatic carboxylic acids is 1. The number of carbonyl (C=O) groups is 1. The Morgan fingerprint density at radius 1 is 1.44 bits per heavy atom. The molecule has 0 spiro atoms. The summed E-state index contributed by atoms with van der Waals surface area (Å²) in [4.78, 5) is 20.3. The third-order valence-corrected chi connectivity index (χ3v) is 1.96. The highest BCUT2D eigenvalue weighted by Gasteiger charge is 2.04. The first kappa shape index (κ1) is 12.4. The van der Waals surface area contributed by atoms with Crippen LogP contribution in [0.4, 0.5) is 5.82 Å². The summed E-state index contributed by atoms with van der Waals surface area (Å²) in [5.74, 6) is -0.463. The lowest BCUT2D eigenvalue weighted by Gasteiger charge is -2.09. The summed E-state index contributed by atoms with van der Waals surface area (Å²) in [5, 5.41) is 11.7. The zero-order valence-corrected chi connectivity index (χ0v) is 9.47. The number of rotatable bonds is 6. The number of carboxylic acids is 1. The minimum atomic E-state index is -1.06. The fourth-order valence-corrected chi connectivity index (χ4v) is 1.14. The van der Waals surface area contributed by atoms with Crippen LogP contribution >= 0.6 is 0 Å². The molecule has 0 aromatic carbocycles. The van der Waals surface area contributed by atoms with Crippen molar-refractivity contribution >= 4 is 11.8 Å². The van der Waals surface area contributed by atoms with Gasteiger partial charge < -0.3 is 15.3 Å². The molecule has 6 heteroatoms. The van der Waals surface area contributed by atoms with Crippen LogP contribution in [-0.2, 0) is 0 Å². The van der Waals surface area contributed by atoms with Gasteiger partial charge in [0.25, 0.3) is 0 Å². The maximum absolute atomic E-state index is 10.5. The van der Waals surface area contributed by atoms with E-state index in [2.05, 4.69) is 20.2 Å². The molecule has 1 aromatic heterocycles. The summed E-state index contributed by atoms with van der Waals surface area (Å²) >= 11 is 0. The zero-order chi connectivity index (χ0) is 12.0. The molecular formula is C10H16N4O2. The van der Waals surface area contributed by atoms with Gasteiger partial charge in [-0.15, -0.1) is 0 Å². The van der Waals surface area contributed by atoms with Gasteiger partial charge in [0.2, 0.25) is 0 Å². The predicted octanol–water partition coefficient (Wildman–Crippen LogP) is 0.538. The molecule has 0 aliphatic carbocycles. The van der Waals surface area contributed by atoms with E-state index >= 15 is 0 Å². The maximum atomic E-state index is 10.5. The Hall–Kier alpha value is -1.69. The number of carboxylic acid groups (broad SMARTS) is 1. The van der Waals surface area contributed by atoms with Crippen LogP contribution < -0.4 is 5.32 Å². The van der Waals surface area contributed by atoms with Crippen LogP contribution in [0.5, 0.6) is 0 Å². The third-order valence-electron chi connectivity index (χ3n) is 1.96. The van der Waals surface area contributed by atoms with Crippen molar-refractivity contribution in [3.05, 3.63) is 18.1 Å². The molecule has 1 rings (SSSR count). The van der Waals surface area contributed by atoms with Crippen LogP contribution in [0, 0.1) is 0 Å². The molecule has 1 heterocycles. The fraction of sp³-hybridized carbons (Fsp3) is 0.500. The van der Waals surface area contributed by atoms with Crippen molar-refractivity contribution in [3.8, 4) is 0 Å². The summed E-state index contributed by atoms with van der Waals surface area (Å²) in [6, 6.07) is 0. The highest BCUT2D eigenvalue weighted by molar-refractivity contribution is 5.84. The Bertz CT molecular complexity index is 337. The van der Waals surface area contributed by atoms with E-state index in [4.69, 9.17) is 5.11 Å². The van der Waals surface area contributed by atoms with Gasteiger partial charge in [0, 0.05) is 6.54 Å². The van der Waals surface area contributed by atoms with Gasteiger partial charge in [-0.3, -0.25) is 0 Å². The Morgan fingerprint density at radius 3 is 2.69 bits per heavy atom. The summed E-state index contributed by atoms with van der Waals surface area (Å²) in [7, 11) is 4.03. The van der Waals surface area contributed by atoms with Crippen LogP contribution in [0.15, 0.2) is 12.4 Å². The van der Waals surface area contributed by atoms with E-state index in [0.29, 0.717) is 5.82 Å². The number of nitrogens with one attached hydrogen (secondary N) is 1. The molecule has 0 saturated heterocycles. The molecule has 0 aliphatic rings. The monoisotopic (exact) mass is 224 g/mol. The first-order valence-electron chi connectivity index (χ1n) is 5.03. The van der Waals surface area contributed by atoms with Crippen LogP contribution in [-0.4, -0.2) is 53.1 Å². The van der Waals surface area contributed by atoms with Crippen molar-refractivity contribution in [1.29, 1.82) is 0 Å². The van der Waals surface area contributed by atoms with Gasteiger partial charge in [0.1, 0.15) is 5.82 Å². The molecular weight excluding hydrogens is 208 g/mol. The van der Waals surface area contributed by atoms with Gasteiger partial charge in [-0.25, -0.2) is 14.8 Å². The molecule has 2 N–H and O–H groups in total. The van der Waals surface area contributed by atoms with E-state index in [0.717, 1.165) is 19.5 Å². The normalized spacial score (nSPS) is 10.4. The molecule has 0 unspecified atom stereocenters. The van der Waals surface area contributed by atoms with Gasteiger partial charge in [0.15, 0.2) is 5.69 Å². The highest BCUT2D eigenvalue weighted by Crippen LogP contribution is 2.01. The van der Waals surface area contributed by atoms with Crippen LogP contribution in [0.1, 0.15) is 16.9 Å².